The van der Waals surface area contributed by atoms with Crippen LogP contribution in [0, 0.1) is 0 Å². The highest BCUT2D eigenvalue weighted by Gasteiger charge is 2.02. The van der Waals surface area contributed by atoms with Gasteiger partial charge < -0.3 is 19.9 Å². The van der Waals surface area contributed by atoms with Crippen LogP contribution in [-0.4, -0.2) is 37.4 Å². The van der Waals surface area contributed by atoms with Gasteiger partial charge in [-0.3, -0.25) is 4.79 Å². The van der Waals surface area contributed by atoms with Crippen molar-refractivity contribution in [3.8, 4) is 5.75 Å². The molecule has 19 heavy (non-hydrogen) atoms. The van der Waals surface area contributed by atoms with E-state index in [1.165, 1.54) is 0 Å². The fourth-order valence-electron chi connectivity index (χ4n) is 1.50. The smallest absolute Gasteiger partial charge is 0.224 e. The second-order valence-corrected chi connectivity index (χ2v) is 3.95. The molecule has 5 nitrogen and oxygen atoms in total. The molecule has 0 heterocycles. The Morgan fingerprint density at radius 3 is 2.63 bits per heavy atom. The predicted octanol–water partition coefficient (Wildman–Crippen LogP) is 1.81. The van der Waals surface area contributed by atoms with Crippen molar-refractivity contribution in [2.75, 3.05) is 31.7 Å². The van der Waals surface area contributed by atoms with Gasteiger partial charge in [0.05, 0.1) is 6.61 Å². The molecule has 1 aromatic rings. The molecular formula is C14H21NO4. The van der Waals surface area contributed by atoms with Crippen molar-refractivity contribution in [1.29, 1.82) is 0 Å². The van der Waals surface area contributed by atoms with Gasteiger partial charge in [-0.1, -0.05) is 0 Å². The second kappa shape index (κ2) is 9.35. The Morgan fingerprint density at radius 1 is 1.26 bits per heavy atom. The van der Waals surface area contributed by atoms with Crippen LogP contribution in [0.1, 0.15) is 19.8 Å². The molecular weight excluding hydrogens is 246 g/mol. The standard InChI is InChI=1S/C14H21NO4/c1-2-18-10-3-4-14(17)15-12-5-7-13(8-6-12)19-11-9-16/h5-8,16H,2-4,9-11H2,1H3,(H,15,17). The maximum absolute atomic E-state index is 11.6. The highest BCUT2D eigenvalue weighted by Crippen LogP contribution is 2.15. The number of ether oxygens (including phenoxy) is 2. The number of hydrogen-bond donors (Lipinski definition) is 2. The summed E-state index contributed by atoms with van der Waals surface area (Å²) in [7, 11) is 0. The monoisotopic (exact) mass is 267 g/mol. The summed E-state index contributed by atoms with van der Waals surface area (Å²) in [5, 5.41) is 11.4. The second-order valence-electron chi connectivity index (χ2n) is 3.95. The third kappa shape index (κ3) is 6.79. The van der Waals surface area contributed by atoms with E-state index in [-0.39, 0.29) is 19.1 Å². The van der Waals surface area contributed by atoms with Crippen LogP contribution in [0.15, 0.2) is 24.3 Å². The summed E-state index contributed by atoms with van der Waals surface area (Å²) in [6.45, 7) is 3.47. The van der Waals surface area contributed by atoms with Crippen LogP contribution in [0.3, 0.4) is 0 Å². The van der Waals surface area contributed by atoms with Gasteiger partial charge in [0.25, 0.3) is 0 Å². The van der Waals surface area contributed by atoms with Crippen molar-refractivity contribution in [2.24, 2.45) is 0 Å². The number of anilines is 1. The van der Waals surface area contributed by atoms with Crippen molar-refractivity contribution in [1.82, 2.24) is 0 Å². The van der Waals surface area contributed by atoms with Crippen LogP contribution in [0.25, 0.3) is 0 Å². The molecule has 5 heteroatoms. The molecule has 0 saturated heterocycles. The van der Waals surface area contributed by atoms with E-state index in [1.807, 2.05) is 6.92 Å². The molecule has 1 aromatic carbocycles. The van der Waals surface area contributed by atoms with Gasteiger partial charge in [-0.25, -0.2) is 0 Å². The molecule has 106 valence electrons. The van der Waals surface area contributed by atoms with Crippen LogP contribution >= 0.6 is 0 Å². The lowest BCUT2D eigenvalue weighted by atomic mass is 10.2. The molecule has 0 aromatic heterocycles. The largest absolute Gasteiger partial charge is 0.491 e. The van der Waals surface area contributed by atoms with Crippen molar-refractivity contribution >= 4 is 11.6 Å². The number of carbonyl (C=O) groups excluding carboxylic acids is 1. The number of rotatable bonds is 9. The molecule has 0 aliphatic carbocycles. The SMILES string of the molecule is CCOCCCC(=O)Nc1ccc(OCCO)cc1. The summed E-state index contributed by atoms with van der Waals surface area (Å²) >= 11 is 0. The predicted molar refractivity (Wildman–Crippen MR) is 73.4 cm³/mol. The summed E-state index contributed by atoms with van der Waals surface area (Å²) in [4.78, 5) is 11.6. The van der Waals surface area contributed by atoms with Gasteiger partial charge in [0.1, 0.15) is 12.4 Å². The molecule has 0 spiro atoms. The summed E-state index contributed by atoms with van der Waals surface area (Å²) in [6.07, 6.45) is 1.17. The molecule has 0 aliphatic heterocycles. The maximum atomic E-state index is 11.6. The molecule has 0 radical (unpaired) electrons. The van der Waals surface area contributed by atoms with E-state index < -0.39 is 0 Å². The third-order valence-electron chi connectivity index (χ3n) is 2.39. The van der Waals surface area contributed by atoms with Gasteiger partial charge in [-0.2, -0.15) is 0 Å². The van der Waals surface area contributed by atoms with Gasteiger partial charge in [-0.15, -0.1) is 0 Å². The van der Waals surface area contributed by atoms with Crippen LogP contribution in [0.5, 0.6) is 5.75 Å². The normalized spacial score (nSPS) is 10.2. The Bertz CT molecular complexity index is 364. The van der Waals surface area contributed by atoms with Crippen molar-refractivity contribution in [2.45, 2.75) is 19.8 Å². The molecule has 0 unspecified atom stereocenters. The van der Waals surface area contributed by atoms with E-state index >= 15 is 0 Å². The zero-order valence-electron chi connectivity index (χ0n) is 11.2. The first-order valence-electron chi connectivity index (χ1n) is 6.47. The zero-order chi connectivity index (χ0) is 13.9. The molecule has 1 rings (SSSR count). The first-order valence-corrected chi connectivity index (χ1v) is 6.47. The molecule has 0 atom stereocenters. The first kappa shape index (κ1) is 15.5. The van der Waals surface area contributed by atoms with Crippen LogP contribution in [0.4, 0.5) is 5.69 Å². The lowest BCUT2D eigenvalue weighted by Gasteiger charge is -2.07. The number of carbonyl (C=O) groups is 1. The molecule has 1 amide bonds. The van der Waals surface area contributed by atoms with E-state index in [9.17, 15) is 4.79 Å². The maximum Gasteiger partial charge on any atom is 0.224 e. The Labute approximate surface area is 113 Å². The average Bonchev–Trinajstić information content (AvgIpc) is 2.43. The average molecular weight is 267 g/mol. The van der Waals surface area contributed by atoms with Gasteiger partial charge in [0.15, 0.2) is 0 Å². The van der Waals surface area contributed by atoms with Gasteiger partial charge in [0, 0.05) is 25.3 Å². The fourth-order valence-corrected chi connectivity index (χ4v) is 1.50. The lowest BCUT2D eigenvalue weighted by Crippen LogP contribution is -2.12. The quantitative estimate of drug-likeness (QED) is 0.670. The fraction of sp³-hybridized carbons (Fsp3) is 0.500. The van der Waals surface area contributed by atoms with E-state index in [2.05, 4.69) is 5.32 Å². The van der Waals surface area contributed by atoms with Gasteiger partial charge in [-0.05, 0) is 37.6 Å². The topological polar surface area (TPSA) is 67.8 Å². The van der Waals surface area contributed by atoms with Crippen molar-refractivity contribution < 1.29 is 19.4 Å². The van der Waals surface area contributed by atoms with Gasteiger partial charge >= 0.3 is 0 Å². The summed E-state index contributed by atoms with van der Waals surface area (Å²) < 4.78 is 10.4. The van der Waals surface area contributed by atoms with Crippen LogP contribution < -0.4 is 10.1 Å². The lowest BCUT2D eigenvalue weighted by molar-refractivity contribution is -0.116. The minimum absolute atomic E-state index is 0.0156. The third-order valence-corrected chi connectivity index (χ3v) is 2.39. The van der Waals surface area contributed by atoms with E-state index in [1.54, 1.807) is 24.3 Å². The van der Waals surface area contributed by atoms with Crippen LogP contribution in [-0.2, 0) is 9.53 Å². The number of aliphatic hydroxyl groups is 1. The summed E-state index contributed by atoms with van der Waals surface area (Å²) in [5.74, 6) is 0.645. The zero-order valence-corrected chi connectivity index (χ0v) is 11.2. The van der Waals surface area contributed by atoms with E-state index in [4.69, 9.17) is 14.6 Å². The number of nitrogens with one attached hydrogen (secondary N) is 1. The van der Waals surface area contributed by atoms with Gasteiger partial charge in [0.2, 0.25) is 5.91 Å². The first-order chi connectivity index (χ1) is 9.26. The minimum atomic E-state index is -0.0243. The Kier molecular flexibility index (Phi) is 7.62. The number of hydrogen-bond acceptors (Lipinski definition) is 4. The van der Waals surface area contributed by atoms with E-state index in [0.29, 0.717) is 25.4 Å². The molecule has 2 N–H and O–H groups in total. The number of aliphatic hydroxyl groups excluding tert-OH is 1. The van der Waals surface area contributed by atoms with E-state index in [0.717, 1.165) is 12.1 Å². The number of benzene rings is 1. The number of amides is 1. The Balaban J connectivity index is 2.29. The Morgan fingerprint density at radius 2 is 2.00 bits per heavy atom. The highest BCUT2D eigenvalue weighted by atomic mass is 16.5. The summed E-state index contributed by atoms with van der Waals surface area (Å²) in [5.41, 5.74) is 0.734. The summed E-state index contributed by atoms with van der Waals surface area (Å²) in [6, 6.07) is 7.05. The molecule has 0 bridgehead atoms. The molecule has 0 aliphatic rings. The Hall–Kier alpha value is -1.59. The molecule has 0 fully saturated rings. The minimum Gasteiger partial charge on any atom is -0.491 e. The van der Waals surface area contributed by atoms with Crippen molar-refractivity contribution in [3.63, 3.8) is 0 Å². The van der Waals surface area contributed by atoms with Crippen LogP contribution in [0.2, 0.25) is 0 Å². The highest BCUT2D eigenvalue weighted by molar-refractivity contribution is 5.90. The molecule has 0 saturated carbocycles. The van der Waals surface area contributed by atoms with Crippen molar-refractivity contribution in [3.05, 3.63) is 24.3 Å².